The van der Waals surface area contributed by atoms with Gasteiger partial charge in [-0.05, 0) is 0 Å². The summed E-state index contributed by atoms with van der Waals surface area (Å²) >= 11 is 1.28. The van der Waals surface area contributed by atoms with Crippen molar-refractivity contribution in [3.8, 4) is 0 Å². The predicted molar refractivity (Wildman–Crippen MR) is 107 cm³/mol. The van der Waals surface area contributed by atoms with Crippen LogP contribution in [0.15, 0.2) is 58.3 Å². The van der Waals surface area contributed by atoms with Crippen molar-refractivity contribution in [1.82, 2.24) is 0 Å². The summed E-state index contributed by atoms with van der Waals surface area (Å²) in [6, 6.07) is 16.2. The van der Waals surface area contributed by atoms with E-state index in [1.165, 1.54) is 31.3 Å². The normalized spacial score (nSPS) is 13.3. The first-order chi connectivity index (χ1) is 11.9. The van der Waals surface area contributed by atoms with Crippen molar-refractivity contribution >= 4 is 16.8 Å². The first-order valence-corrected chi connectivity index (χ1v) is 12.7. The van der Waals surface area contributed by atoms with E-state index in [0.29, 0.717) is 0 Å². The van der Waals surface area contributed by atoms with Crippen LogP contribution in [-0.2, 0) is 44.3 Å². The van der Waals surface area contributed by atoms with Gasteiger partial charge >= 0.3 is 172 Å². The standard InChI is InChI=1S/C20H28O3PS.Mo/c1-19(2,3)15-7-11-17(12-8-15)25(24(21,22)23)18-13-9-16(10-14-18)20(4,5)6;/h7-14H,1-6H3,(H2-,21,22,23);/q-1;+1. The van der Waals surface area contributed by atoms with Crippen LogP contribution in [-0.4, -0.2) is 9.79 Å². The first kappa shape index (κ1) is 22.1. The van der Waals surface area contributed by atoms with Crippen LogP contribution in [0.2, 0.25) is 0 Å². The van der Waals surface area contributed by atoms with Gasteiger partial charge in [0.2, 0.25) is 0 Å². The Morgan fingerprint density at radius 1 is 0.731 bits per heavy atom. The minimum atomic E-state index is -3.56. The molecule has 0 spiro atoms. The van der Waals surface area contributed by atoms with Crippen LogP contribution in [0.1, 0.15) is 52.7 Å². The zero-order valence-corrected chi connectivity index (χ0v) is 19.9. The van der Waals surface area contributed by atoms with Crippen molar-refractivity contribution in [2.45, 2.75) is 62.2 Å². The Morgan fingerprint density at radius 3 is 1.27 bits per heavy atom. The van der Waals surface area contributed by atoms with E-state index in [2.05, 4.69) is 65.8 Å². The molecule has 6 heteroatoms. The average Bonchev–Trinajstić information content (AvgIpc) is 2.54. The summed E-state index contributed by atoms with van der Waals surface area (Å²) < 4.78 is 5.15. The zero-order chi connectivity index (χ0) is 19.8. The van der Waals surface area contributed by atoms with E-state index in [-0.39, 0.29) is 10.8 Å². The maximum absolute atomic E-state index is 10.6. The fourth-order valence-electron chi connectivity index (χ4n) is 2.61. The molecule has 143 valence electrons. The molecular formula is C20H28MoO3PS. The van der Waals surface area contributed by atoms with E-state index in [9.17, 15) is 9.79 Å². The molecule has 0 saturated carbocycles. The van der Waals surface area contributed by atoms with Crippen LogP contribution in [0.3, 0.4) is 0 Å². The van der Waals surface area contributed by atoms with Crippen LogP contribution in [0.25, 0.3) is 0 Å². The van der Waals surface area contributed by atoms with Gasteiger partial charge in [-0.25, -0.2) is 0 Å². The van der Waals surface area contributed by atoms with Gasteiger partial charge in [-0.2, -0.15) is 0 Å². The Labute approximate surface area is 171 Å². The van der Waals surface area contributed by atoms with E-state index in [1.54, 1.807) is 0 Å². The van der Waals surface area contributed by atoms with Crippen molar-refractivity contribution in [2.75, 3.05) is 0 Å². The predicted octanol–water partition coefficient (Wildman–Crippen LogP) is 5.46. The molecule has 0 heterocycles. The Hall–Kier alpha value is -0.212. The summed E-state index contributed by atoms with van der Waals surface area (Å²) in [6.45, 7) is 9.43. The number of benzene rings is 2. The topological polar surface area (TPSA) is 49.7 Å². The molecule has 0 radical (unpaired) electrons. The summed E-state index contributed by atoms with van der Waals surface area (Å²) in [4.78, 5) is 23.0. The van der Waals surface area contributed by atoms with Crippen LogP contribution in [0, 0.1) is 0 Å². The second-order valence-electron chi connectivity index (χ2n) is 8.40. The molecule has 2 N–H and O–H groups in total. The summed E-state index contributed by atoms with van der Waals surface area (Å²) in [5.74, 6) is 0. The van der Waals surface area contributed by atoms with Gasteiger partial charge in [-0.1, -0.05) is 0 Å². The third-order valence-corrected chi connectivity index (χ3v) is 11.5. The molecule has 0 aromatic heterocycles. The Balaban J connectivity index is 2.59. The SMILES string of the molecule is CC(C)(C)c1ccc(S(c2ccc(C(C)(C)C)cc2)=P(O)(O)[O][Mo])cc1. The van der Waals surface area contributed by atoms with Gasteiger partial charge in [-0.3, -0.25) is 0 Å². The fraction of sp³-hybridized carbons (Fsp3) is 0.400. The molecule has 0 amide bonds. The molecular weight excluding hydrogens is 447 g/mol. The number of hydrogen-bond acceptors (Lipinski definition) is 1. The third kappa shape index (κ3) is 5.19. The summed E-state index contributed by atoms with van der Waals surface area (Å²) in [5.41, 5.74) is 2.53. The van der Waals surface area contributed by atoms with Crippen LogP contribution in [0.5, 0.6) is 0 Å². The molecule has 0 aliphatic heterocycles. The molecule has 0 saturated heterocycles. The maximum atomic E-state index is 10.6. The average molecular weight is 475 g/mol. The Kier molecular flexibility index (Phi) is 6.82. The van der Waals surface area contributed by atoms with Gasteiger partial charge in [0.05, 0.1) is 0 Å². The number of hydrogen-bond donors (Lipinski definition) is 2. The molecule has 0 fully saturated rings. The molecule has 0 unspecified atom stereocenters. The van der Waals surface area contributed by atoms with Crippen molar-refractivity contribution in [1.29, 1.82) is 0 Å². The van der Waals surface area contributed by atoms with Crippen LogP contribution < -0.4 is 0 Å². The van der Waals surface area contributed by atoms with Gasteiger partial charge in [0, 0.05) is 0 Å². The molecule has 0 aliphatic rings. The fourth-order valence-corrected chi connectivity index (χ4v) is 8.19. The zero-order valence-electron chi connectivity index (χ0n) is 16.2. The second kappa shape index (κ2) is 8.03. The van der Waals surface area contributed by atoms with Crippen molar-refractivity contribution < 1.29 is 33.2 Å². The van der Waals surface area contributed by atoms with Crippen molar-refractivity contribution in [2.24, 2.45) is 0 Å². The van der Waals surface area contributed by atoms with Gasteiger partial charge in [0.25, 0.3) is 0 Å². The molecule has 2 aromatic carbocycles. The summed E-state index contributed by atoms with van der Waals surface area (Å²) in [6.07, 6.45) is 0. The van der Waals surface area contributed by atoms with E-state index in [1.807, 2.05) is 24.3 Å². The van der Waals surface area contributed by atoms with Gasteiger partial charge in [0.1, 0.15) is 0 Å². The molecule has 2 aromatic rings. The number of rotatable bonds is 3. The Morgan fingerprint density at radius 2 is 1.04 bits per heavy atom. The van der Waals surface area contributed by atoms with E-state index >= 15 is 0 Å². The molecule has 2 rings (SSSR count). The second-order valence-corrected chi connectivity index (χ2v) is 14.7. The summed E-state index contributed by atoms with van der Waals surface area (Å²) in [5, 5.41) is 0. The van der Waals surface area contributed by atoms with Crippen LogP contribution in [0.4, 0.5) is 0 Å². The monoisotopic (exact) mass is 477 g/mol. The molecule has 3 nitrogen and oxygen atoms in total. The minimum absolute atomic E-state index is 0.0535. The van der Waals surface area contributed by atoms with Crippen molar-refractivity contribution in [3.63, 3.8) is 0 Å². The summed E-state index contributed by atoms with van der Waals surface area (Å²) in [7, 11) is -0.929. The molecule has 0 atom stereocenters. The van der Waals surface area contributed by atoms with Gasteiger partial charge < -0.3 is 0 Å². The van der Waals surface area contributed by atoms with Crippen molar-refractivity contribution in [3.05, 3.63) is 59.7 Å². The van der Waals surface area contributed by atoms with E-state index in [0.717, 1.165) is 9.79 Å². The Bertz CT molecular complexity index is 751. The quantitative estimate of drug-likeness (QED) is 0.458. The molecule has 0 aliphatic carbocycles. The first-order valence-electron chi connectivity index (χ1n) is 8.48. The molecule has 0 bridgehead atoms. The van der Waals surface area contributed by atoms with E-state index in [4.69, 9.17) is 3.18 Å². The van der Waals surface area contributed by atoms with Gasteiger partial charge in [-0.15, -0.1) is 0 Å². The molecule has 26 heavy (non-hydrogen) atoms. The van der Waals surface area contributed by atoms with E-state index < -0.39 is 16.8 Å². The van der Waals surface area contributed by atoms with Crippen LogP contribution >= 0.6 is 6.72 Å². The third-order valence-electron chi connectivity index (χ3n) is 4.22. The van der Waals surface area contributed by atoms with Gasteiger partial charge in [0.15, 0.2) is 0 Å².